The number of thiophene rings is 1. The van der Waals surface area contributed by atoms with E-state index in [1.807, 2.05) is 47.2 Å². The Morgan fingerprint density at radius 3 is 2.95 bits per heavy atom. The second-order valence-corrected chi connectivity index (χ2v) is 5.02. The number of carbonyl (C=O) groups is 1. The molecule has 0 spiro atoms. The molecule has 0 atom stereocenters. The van der Waals surface area contributed by atoms with Crippen molar-refractivity contribution in [1.82, 2.24) is 4.98 Å². The van der Waals surface area contributed by atoms with Crippen LogP contribution < -0.4 is 5.32 Å². The first-order valence-electron chi connectivity index (χ1n) is 5.97. The first-order chi connectivity index (χ1) is 9.33. The maximum atomic E-state index is 12.0. The third-order valence-electron chi connectivity index (χ3n) is 2.85. The number of nitrogens with zero attached hydrogens (tertiary/aromatic N) is 1. The van der Waals surface area contributed by atoms with E-state index in [0.717, 1.165) is 22.2 Å². The number of fused-ring (bicyclic) bond motifs is 1. The van der Waals surface area contributed by atoms with Gasteiger partial charge < -0.3 is 5.32 Å². The number of hydrogen-bond donors (Lipinski definition) is 1. The Kier molecular flexibility index (Phi) is 3.25. The highest BCUT2D eigenvalue weighted by atomic mass is 32.1. The van der Waals surface area contributed by atoms with Crippen LogP contribution in [0.3, 0.4) is 0 Å². The van der Waals surface area contributed by atoms with Gasteiger partial charge in [0.2, 0.25) is 5.91 Å². The lowest BCUT2D eigenvalue weighted by Crippen LogP contribution is -2.14. The van der Waals surface area contributed by atoms with Gasteiger partial charge in [0.05, 0.1) is 17.6 Å². The highest BCUT2D eigenvalue weighted by Gasteiger charge is 2.07. The second-order valence-electron chi connectivity index (χ2n) is 4.24. The number of rotatable bonds is 3. The summed E-state index contributed by atoms with van der Waals surface area (Å²) in [5.41, 5.74) is 2.62. The molecule has 3 nitrogen and oxygen atoms in total. The van der Waals surface area contributed by atoms with Crippen molar-refractivity contribution in [1.29, 1.82) is 0 Å². The summed E-state index contributed by atoms with van der Waals surface area (Å²) in [5, 5.41) is 7.91. The van der Waals surface area contributed by atoms with E-state index in [-0.39, 0.29) is 5.91 Å². The van der Waals surface area contributed by atoms with Crippen molar-refractivity contribution < 1.29 is 4.79 Å². The van der Waals surface area contributed by atoms with E-state index in [1.165, 1.54) is 0 Å². The monoisotopic (exact) mass is 268 g/mol. The predicted molar refractivity (Wildman–Crippen MR) is 78.4 cm³/mol. The van der Waals surface area contributed by atoms with Crippen molar-refractivity contribution >= 4 is 33.8 Å². The number of hydrogen-bond acceptors (Lipinski definition) is 3. The van der Waals surface area contributed by atoms with E-state index in [4.69, 9.17) is 0 Å². The molecule has 94 valence electrons. The van der Waals surface area contributed by atoms with Crippen LogP contribution in [0.5, 0.6) is 0 Å². The largest absolute Gasteiger partial charge is 0.324 e. The molecule has 1 N–H and O–H groups in total. The van der Waals surface area contributed by atoms with E-state index in [1.54, 1.807) is 17.5 Å². The minimum absolute atomic E-state index is 0.0171. The lowest BCUT2D eigenvalue weighted by Gasteiger charge is -2.07. The summed E-state index contributed by atoms with van der Waals surface area (Å²) in [5.74, 6) is -0.0171. The average molecular weight is 268 g/mol. The van der Waals surface area contributed by atoms with Gasteiger partial charge in [0, 0.05) is 11.6 Å². The summed E-state index contributed by atoms with van der Waals surface area (Å²) in [6.45, 7) is 0. The van der Waals surface area contributed by atoms with Crippen LogP contribution in [0.25, 0.3) is 10.9 Å². The van der Waals surface area contributed by atoms with E-state index in [9.17, 15) is 4.79 Å². The standard InChI is InChI=1S/C15H12N2OS/c18-14(9-11-6-8-19-10-11)17-13-5-1-3-12-4-2-7-16-15(12)13/h1-8,10H,9H2,(H,17,18). The van der Waals surface area contributed by atoms with Crippen LogP contribution in [-0.4, -0.2) is 10.9 Å². The molecule has 4 heteroatoms. The SMILES string of the molecule is O=C(Cc1ccsc1)Nc1cccc2cccnc12. The Morgan fingerprint density at radius 1 is 1.21 bits per heavy atom. The van der Waals surface area contributed by atoms with Gasteiger partial charge in [-0.25, -0.2) is 0 Å². The average Bonchev–Trinajstić information content (AvgIpc) is 2.92. The van der Waals surface area contributed by atoms with Crippen LogP contribution in [0.1, 0.15) is 5.56 Å². The molecule has 2 aromatic heterocycles. The lowest BCUT2D eigenvalue weighted by atomic mass is 10.2. The molecule has 2 heterocycles. The molecule has 0 saturated heterocycles. The Balaban J connectivity index is 1.83. The van der Waals surface area contributed by atoms with Gasteiger partial charge in [-0.15, -0.1) is 0 Å². The molecule has 3 rings (SSSR count). The molecule has 19 heavy (non-hydrogen) atoms. The number of anilines is 1. The van der Waals surface area contributed by atoms with Crippen molar-refractivity contribution in [2.24, 2.45) is 0 Å². The van der Waals surface area contributed by atoms with Gasteiger partial charge in [-0.3, -0.25) is 9.78 Å². The Morgan fingerprint density at radius 2 is 2.11 bits per heavy atom. The Labute approximate surface area is 114 Å². The first kappa shape index (κ1) is 11.9. The number of nitrogens with one attached hydrogen (secondary N) is 1. The number of carbonyl (C=O) groups excluding carboxylic acids is 1. The van der Waals surface area contributed by atoms with Gasteiger partial charge in [-0.2, -0.15) is 11.3 Å². The molecule has 0 fully saturated rings. The first-order valence-corrected chi connectivity index (χ1v) is 6.92. The fraction of sp³-hybridized carbons (Fsp3) is 0.0667. The van der Waals surface area contributed by atoms with Gasteiger partial charge in [-0.05, 0) is 34.5 Å². The number of aromatic nitrogens is 1. The van der Waals surface area contributed by atoms with E-state index in [0.29, 0.717) is 6.42 Å². The predicted octanol–water partition coefficient (Wildman–Crippen LogP) is 3.48. The Hall–Kier alpha value is -2.20. The van der Waals surface area contributed by atoms with Crippen molar-refractivity contribution in [2.75, 3.05) is 5.32 Å². The summed E-state index contributed by atoms with van der Waals surface area (Å²) in [4.78, 5) is 16.3. The molecule has 0 aliphatic heterocycles. The van der Waals surface area contributed by atoms with Crippen molar-refractivity contribution in [3.63, 3.8) is 0 Å². The molecule has 0 aliphatic carbocycles. The van der Waals surface area contributed by atoms with Gasteiger partial charge >= 0.3 is 0 Å². The van der Waals surface area contributed by atoms with E-state index in [2.05, 4.69) is 10.3 Å². The summed E-state index contributed by atoms with van der Waals surface area (Å²) in [6.07, 6.45) is 2.13. The van der Waals surface area contributed by atoms with Crippen LogP contribution in [0.4, 0.5) is 5.69 Å². The molecule has 0 unspecified atom stereocenters. The fourth-order valence-electron chi connectivity index (χ4n) is 1.98. The molecule has 0 saturated carbocycles. The zero-order valence-corrected chi connectivity index (χ0v) is 11.0. The number of amides is 1. The zero-order chi connectivity index (χ0) is 13.1. The highest BCUT2D eigenvalue weighted by molar-refractivity contribution is 7.08. The molecule has 0 radical (unpaired) electrons. The number of para-hydroxylation sites is 1. The zero-order valence-electron chi connectivity index (χ0n) is 10.2. The van der Waals surface area contributed by atoms with Crippen LogP contribution in [0, 0.1) is 0 Å². The minimum Gasteiger partial charge on any atom is -0.324 e. The molecule has 1 amide bonds. The highest BCUT2D eigenvalue weighted by Crippen LogP contribution is 2.20. The third-order valence-corrected chi connectivity index (χ3v) is 3.58. The molecular weight excluding hydrogens is 256 g/mol. The maximum absolute atomic E-state index is 12.0. The third kappa shape index (κ3) is 2.63. The second kappa shape index (κ2) is 5.20. The number of benzene rings is 1. The minimum atomic E-state index is -0.0171. The van der Waals surface area contributed by atoms with E-state index >= 15 is 0 Å². The Bertz CT molecular complexity index is 702. The van der Waals surface area contributed by atoms with Crippen LogP contribution in [0.15, 0.2) is 53.4 Å². The van der Waals surface area contributed by atoms with E-state index < -0.39 is 0 Å². The quantitative estimate of drug-likeness (QED) is 0.790. The van der Waals surface area contributed by atoms with Crippen LogP contribution in [-0.2, 0) is 11.2 Å². The summed E-state index contributed by atoms with van der Waals surface area (Å²) >= 11 is 1.60. The summed E-state index contributed by atoms with van der Waals surface area (Å²) < 4.78 is 0. The van der Waals surface area contributed by atoms with Crippen molar-refractivity contribution in [3.8, 4) is 0 Å². The smallest absolute Gasteiger partial charge is 0.228 e. The van der Waals surface area contributed by atoms with Gasteiger partial charge in [0.1, 0.15) is 0 Å². The molecule has 0 bridgehead atoms. The summed E-state index contributed by atoms with van der Waals surface area (Å²) in [6, 6.07) is 11.6. The van der Waals surface area contributed by atoms with Gasteiger partial charge in [0.15, 0.2) is 0 Å². The normalized spacial score (nSPS) is 10.5. The molecular formula is C15H12N2OS. The lowest BCUT2D eigenvalue weighted by molar-refractivity contribution is -0.115. The van der Waals surface area contributed by atoms with Crippen molar-refractivity contribution in [2.45, 2.75) is 6.42 Å². The van der Waals surface area contributed by atoms with Gasteiger partial charge in [0.25, 0.3) is 0 Å². The molecule has 0 aliphatic rings. The van der Waals surface area contributed by atoms with Crippen molar-refractivity contribution in [3.05, 3.63) is 58.9 Å². The number of pyridine rings is 1. The fourth-order valence-corrected chi connectivity index (χ4v) is 2.65. The van der Waals surface area contributed by atoms with Crippen LogP contribution >= 0.6 is 11.3 Å². The van der Waals surface area contributed by atoms with Crippen LogP contribution in [0.2, 0.25) is 0 Å². The maximum Gasteiger partial charge on any atom is 0.228 e. The summed E-state index contributed by atoms with van der Waals surface area (Å²) in [7, 11) is 0. The molecule has 3 aromatic rings. The van der Waals surface area contributed by atoms with Gasteiger partial charge in [-0.1, -0.05) is 18.2 Å². The molecule has 1 aromatic carbocycles. The topological polar surface area (TPSA) is 42.0 Å².